The van der Waals surface area contributed by atoms with Crippen LogP contribution in [0.2, 0.25) is 0 Å². The molecule has 1 amide bonds. The van der Waals surface area contributed by atoms with Gasteiger partial charge in [0.05, 0.1) is 6.42 Å². The minimum absolute atomic E-state index is 0.0641. The predicted octanol–water partition coefficient (Wildman–Crippen LogP) is 1.43. The molecular formula is C12H18N2O2. The minimum atomic E-state index is -0.0641. The van der Waals surface area contributed by atoms with Crippen LogP contribution < -0.4 is 11.1 Å². The number of aromatic hydroxyl groups is 1. The van der Waals surface area contributed by atoms with Crippen LogP contribution >= 0.6 is 0 Å². The summed E-state index contributed by atoms with van der Waals surface area (Å²) in [7, 11) is 0. The molecule has 0 aliphatic rings. The van der Waals surface area contributed by atoms with Crippen molar-refractivity contribution in [3.05, 3.63) is 23.8 Å². The molecule has 0 unspecified atom stereocenters. The van der Waals surface area contributed by atoms with Gasteiger partial charge in [-0.15, -0.1) is 0 Å². The monoisotopic (exact) mass is 222 g/mol. The Morgan fingerprint density at radius 3 is 2.94 bits per heavy atom. The van der Waals surface area contributed by atoms with E-state index in [-0.39, 0.29) is 18.1 Å². The molecule has 88 valence electrons. The van der Waals surface area contributed by atoms with E-state index in [4.69, 9.17) is 5.73 Å². The number of hydrogen-bond donors (Lipinski definition) is 3. The van der Waals surface area contributed by atoms with Gasteiger partial charge in [0, 0.05) is 12.2 Å². The second kappa shape index (κ2) is 6.00. The quantitative estimate of drug-likeness (QED) is 0.401. The average molecular weight is 222 g/mol. The number of carbonyl (C=O) groups excluding carboxylic acids is 1. The summed E-state index contributed by atoms with van der Waals surface area (Å²) in [4.78, 5) is 11.5. The van der Waals surface area contributed by atoms with Crippen molar-refractivity contribution >= 4 is 11.6 Å². The number of phenols is 1. The lowest BCUT2D eigenvalue weighted by molar-refractivity contribution is -0.120. The third kappa shape index (κ3) is 3.81. The Bertz CT molecular complexity index is 364. The first-order valence-corrected chi connectivity index (χ1v) is 5.47. The van der Waals surface area contributed by atoms with Gasteiger partial charge in [0.15, 0.2) is 0 Å². The summed E-state index contributed by atoms with van der Waals surface area (Å²) >= 11 is 0. The Balaban J connectivity index is 2.52. The van der Waals surface area contributed by atoms with Gasteiger partial charge in [0.25, 0.3) is 0 Å². The molecule has 0 radical (unpaired) electrons. The van der Waals surface area contributed by atoms with Gasteiger partial charge in [0.2, 0.25) is 5.91 Å². The van der Waals surface area contributed by atoms with E-state index in [1.54, 1.807) is 6.07 Å². The number of amides is 1. The van der Waals surface area contributed by atoms with Crippen molar-refractivity contribution in [2.45, 2.75) is 26.2 Å². The maximum Gasteiger partial charge on any atom is 0.224 e. The molecule has 0 saturated carbocycles. The Hall–Kier alpha value is -1.71. The number of nitrogen functional groups attached to an aromatic ring is 1. The average Bonchev–Trinajstić information content (AvgIpc) is 2.24. The third-order valence-corrected chi connectivity index (χ3v) is 2.33. The van der Waals surface area contributed by atoms with Crippen LogP contribution in [-0.2, 0) is 11.2 Å². The SMILES string of the molecule is CCCCNC(=O)Cc1cc(O)ccc1N. The Morgan fingerprint density at radius 2 is 2.25 bits per heavy atom. The fraction of sp³-hybridized carbons (Fsp3) is 0.417. The largest absolute Gasteiger partial charge is 0.508 e. The lowest BCUT2D eigenvalue weighted by atomic mass is 10.1. The highest BCUT2D eigenvalue weighted by Crippen LogP contribution is 2.18. The van der Waals surface area contributed by atoms with Crippen molar-refractivity contribution in [1.82, 2.24) is 5.32 Å². The lowest BCUT2D eigenvalue weighted by Gasteiger charge is -2.07. The standard InChI is InChI=1S/C12H18N2O2/c1-2-3-6-14-12(16)8-9-7-10(15)4-5-11(9)13/h4-5,7,15H,2-3,6,8,13H2,1H3,(H,14,16). The molecule has 4 N–H and O–H groups in total. The van der Waals surface area contributed by atoms with Gasteiger partial charge in [-0.2, -0.15) is 0 Å². The van der Waals surface area contributed by atoms with E-state index in [1.807, 2.05) is 0 Å². The number of carbonyl (C=O) groups is 1. The van der Waals surface area contributed by atoms with Gasteiger partial charge in [-0.05, 0) is 30.2 Å². The molecule has 16 heavy (non-hydrogen) atoms. The molecule has 1 aromatic rings. The molecule has 0 aliphatic carbocycles. The maximum absolute atomic E-state index is 11.5. The molecule has 0 aromatic heterocycles. The molecular weight excluding hydrogens is 204 g/mol. The first-order chi connectivity index (χ1) is 7.63. The number of unbranched alkanes of at least 4 members (excludes halogenated alkanes) is 1. The zero-order chi connectivity index (χ0) is 12.0. The Labute approximate surface area is 95.5 Å². The summed E-state index contributed by atoms with van der Waals surface area (Å²) in [6.07, 6.45) is 2.24. The molecule has 0 saturated heterocycles. The number of phenolic OH excluding ortho intramolecular Hbond substituents is 1. The number of nitrogens with two attached hydrogens (primary N) is 1. The molecule has 0 bridgehead atoms. The number of anilines is 1. The van der Waals surface area contributed by atoms with Crippen molar-refractivity contribution in [2.75, 3.05) is 12.3 Å². The number of benzene rings is 1. The van der Waals surface area contributed by atoms with Crippen LogP contribution in [0.3, 0.4) is 0 Å². The van der Waals surface area contributed by atoms with E-state index in [1.165, 1.54) is 12.1 Å². The second-order valence-corrected chi connectivity index (χ2v) is 3.76. The zero-order valence-corrected chi connectivity index (χ0v) is 9.49. The first kappa shape index (κ1) is 12.4. The van der Waals surface area contributed by atoms with Gasteiger partial charge < -0.3 is 16.2 Å². The van der Waals surface area contributed by atoms with Crippen molar-refractivity contribution < 1.29 is 9.90 Å². The molecule has 4 heteroatoms. The molecule has 4 nitrogen and oxygen atoms in total. The summed E-state index contributed by atoms with van der Waals surface area (Å²) in [5.74, 6) is 0.0660. The van der Waals surface area contributed by atoms with Gasteiger partial charge >= 0.3 is 0 Å². The minimum Gasteiger partial charge on any atom is -0.508 e. The molecule has 0 spiro atoms. The molecule has 0 aliphatic heterocycles. The number of nitrogens with one attached hydrogen (secondary N) is 1. The van der Waals surface area contributed by atoms with Crippen LogP contribution in [0.1, 0.15) is 25.3 Å². The maximum atomic E-state index is 11.5. The third-order valence-electron chi connectivity index (χ3n) is 2.33. The highest BCUT2D eigenvalue weighted by Gasteiger charge is 2.06. The van der Waals surface area contributed by atoms with Crippen LogP contribution in [0.4, 0.5) is 5.69 Å². The van der Waals surface area contributed by atoms with Crippen LogP contribution in [0, 0.1) is 0 Å². The zero-order valence-electron chi connectivity index (χ0n) is 9.49. The van der Waals surface area contributed by atoms with E-state index in [9.17, 15) is 9.90 Å². The molecule has 0 fully saturated rings. The van der Waals surface area contributed by atoms with Crippen molar-refractivity contribution in [2.24, 2.45) is 0 Å². The van der Waals surface area contributed by atoms with E-state index >= 15 is 0 Å². The lowest BCUT2D eigenvalue weighted by Crippen LogP contribution is -2.26. The Morgan fingerprint density at radius 1 is 1.50 bits per heavy atom. The molecule has 0 atom stereocenters. The van der Waals surface area contributed by atoms with E-state index in [0.29, 0.717) is 17.8 Å². The highest BCUT2D eigenvalue weighted by atomic mass is 16.3. The van der Waals surface area contributed by atoms with Crippen molar-refractivity contribution in [3.8, 4) is 5.75 Å². The summed E-state index contributed by atoms with van der Waals surface area (Å²) in [6, 6.07) is 4.63. The van der Waals surface area contributed by atoms with Crippen LogP contribution in [0.5, 0.6) is 5.75 Å². The van der Waals surface area contributed by atoms with Gasteiger partial charge in [-0.25, -0.2) is 0 Å². The van der Waals surface area contributed by atoms with E-state index < -0.39 is 0 Å². The van der Waals surface area contributed by atoms with E-state index in [2.05, 4.69) is 12.2 Å². The Kier molecular flexibility index (Phi) is 4.64. The summed E-state index contributed by atoms with van der Waals surface area (Å²) < 4.78 is 0. The van der Waals surface area contributed by atoms with Gasteiger partial charge in [-0.1, -0.05) is 13.3 Å². The van der Waals surface area contributed by atoms with Gasteiger partial charge in [-0.3, -0.25) is 4.79 Å². The second-order valence-electron chi connectivity index (χ2n) is 3.76. The van der Waals surface area contributed by atoms with Crippen molar-refractivity contribution in [3.63, 3.8) is 0 Å². The van der Waals surface area contributed by atoms with E-state index in [0.717, 1.165) is 12.8 Å². The molecule has 1 aromatic carbocycles. The first-order valence-electron chi connectivity index (χ1n) is 5.47. The molecule has 0 heterocycles. The smallest absolute Gasteiger partial charge is 0.224 e. The number of rotatable bonds is 5. The normalized spacial score (nSPS) is 10.1. The fourth-order valence-electron chi connectivity index (χ4n) is 1.39. The number of hydrogen-bond acceptors (Lipinski definition) is 3. The predicted molar refractivity (Wildman–Crippen MR) is 64.1 cm³/mol. The summed E-state index contributed by atoms with van der Waals surface area (Å²) in [5.41, 5.74) is 6.89. The topological polar surface area (TPSA) is 75.3 Å². The summed E-state index contributed by atoms with van der Waals surface area (Å²) in [6.45, 7) is 2.76. The van der Waals surface area contributed by atoms with Crippen LogP contribution in [0.25, 0.3) is 0 Å². The highest BCUT2D eigenvalue weighted by molar-refractivity contribution is 5.80. The summed E-state index contributed by atoms with van der Waals surface area (Å²) in [5, 5.41) is 12.1. The van der Waals surface area contributed by atoms with Crippen LogP contribution in [0.15, 0.2) is 18.2 Å². The molecule has 1 rings (SSSR count). The van der Waals surface area contributed by atoms with Crippen LogP contribution in [-0.4, -0.2) is 17.6 Å². The van der Waals surface area contributed by atoms with Gasteiger partial charge in [0.1, 0.15) is 5.75 Å². The van der Waals surface area contributed by atoms with Crippen molar-refractivity contribution in [1.29, 1.82) is 0 Å². The fourth-order valence-corrected chi connectivity index (χ4v) is 1.39.